The Morgan fingerprint density at radius 2 is 1.79 bits per heavy atom. The van der Waals surface area contributed by atoms with E-state index < -0.39 is 0 Å². The van der Waals surface area contributed by atoms with Crippen molar-refractivity contribution < 1.29 is 14.3 Å². The van der Waals surface area contributed by atoms with Crippen LogP contribution in [0.25, 0.3) is 0 Å². The van der Waals surface area contributed by atoms with E-state index in [2.05, 4.69) is 10.6 Å². The Bertz CT molecular complexity index is 777. The van der Waals surface area contributed by atoms with Gasteiger partial charge in [0.1, 0.15) is 5.75 Å². The second-order valence-electron chi connectivity index (χ2n) is 6.90. The fourth-order valence-electron chi connectivity index (χ4n) is 3.53. The van der Waals surface area contributed by atoms with Crippen LogP contribution in [0.4, 0.5) is 10.5 Å². The number of ether oxygens (including phenoxy) is 1. The number of anilines is 1. The number of likely N-dealkylation sites (tertiary alicyclic amines) is 1. The van der Waals surface area contributed by atoms with Gasteiger partial charge in [0.15, 0.2) is 0 Å². The number of nitrogens with one attached hydrogen (secondary N) is 2. The minimum atomic E-state index is -0.379. The van der Waals surface area contributed by atoms with Gasteiger partial charge in [-0.25, -0.2) is 4.79 Å². The Labute approximate surface area is 165 Å². The molecule has 1 fully saturated rings. The van der Waals surface area contributed by atoms with E-state index in [4.69, 9.17) is 4.74 Å². The van der Waals surface area contributed by atoms with Gasteiger partial charge in [-0.2, -0.15) is 0 Å². The van der Waals surface area contributed by atoms with E-state index in [9.17, 15) is 9.59 Å². The summed E-state index contributed by atoms with van der Waals surface area (Å²) in [7, 11) is 1.64. The lowest BCUT2D eigenvalue weighted by molar-refractivity contribution is -0.132. The lowest BCUT2D eigenvalue weighted by Gasteiger charge is -2.30. The minimum absolute atomic E-state index is 0.0225. The Morgan fingerprint density at radius 3 is 2.50 bits per heavy atom. The average Bonchev–Trinajstić information content (AvgIpc) is 2.99. The van der Waals surface area contributed by atoms with E-state index >= 15 is 0 Å². The molecule has 1 aliphatic heterocycles. The van der Waals surface area contributed by atoms with Crippen molar-refractivity contribution >= 4 is 17.6 Å². The lowest BCUT2D eigenvalue weighted by Crippen LogP contribution is -2.43. The van der Waals surface area contributed by atoms with Crippen molar-refractivity contribution in [2.45, 2.75) is 31.7 Å². The largest absolute Gasteiger partial charge is 0.497 e. The van der Waals surface area contributed by atoms with Crippen molar-refractivity contribution in [1.82, 2.24) is 10.2 Å². The molecule has 0 spiro atoms. The molecule has 1 saturated heterocycles. The quantitative estimate of drug-likeness (QED) is 0.824. The maximum atomic E-state index is 12.9. The number of para-hydroxylation sites is 1. The van der Waals surface area contributed by atoms with Gasteiger partial charge < -0.3 is 20.3 Å². The first-order valence-electron chi connectivity index (χ1n) is 9.70. The molecule has 6 nitrogen and oxygen atoms in total. The molecule has 1 aliphatic rings. The van der Waals surface area contributed by atoms with Crippen molar-refractivity contribution in [1.29, 1.82) is 0 Å². The molecular weight excluding hydrogens is 354 g/mol. The summed E-state index contributed by atoms with van der Waals surface area (Å²) in [5.74, 6) is 0.737. The number of rotatable bonds is 5. The standard InChI is InChI=1S/C22H27N3O3/c1-28-19-13-11-17(12-14-19)20-10-6-3-7-15-25(20)21(26)16-23-22(27)24-18-8-4-2-5-9-18/h2,4-5,8-9,11-14,20H,3,6-7,10,15-16H2,1H3,(H2,23,24,27)/t20-/m0/s1. The van der Waals surface area contributed by atoms with Crippen LogP contribution in [0.15, 0.2) is 54.6 Å². The maximum Gasteiger partial charge on any atom is 0.319 e. The highest BCUT2D eigenvalue weighted by molar-refractivity contribution is 5.92. The van der Waals surface area contributed by atoms with Crippen LogP contribution in [-0.4, -0.2) is 37.0 Å². The van der Waals surface area contributed by atoms with Crippen LogP contribution in [-0.2, 0) is 4.79 Å². The summed E-state index contributed by atoms with van der Waals surface area (Å²) in [5.41, 5.74) is 1.79. The second-order valence-corrected chi connectivity index (χ2v) is 6.90. The maximum absolute atomic E-state index is 12.9. The summed E-state index contributed by atoms with van der Waals surface area (Å²) in [6.07, 6.45) is 4.10. The van der Waals surface area contributed by atoms with Crippen molar-refractivity contribution in [3.63, 3.8) is 0 Å². The molecule has 0 unspecified atom stereocenters. The van der Waals surface area contributed by atoms with Gasteiger partial charge in [0, 0.05) is 12.2 Å². The lowest BCUT2D eigenvalue weighted by atomic mass is 10.0. The van der Waals surface area contributed by atoms with Crippen LogP contribution in [0.3, 0.4) is 0 Å². The highest BCUT2D eigenvalue weighted by atomic mass is 16.5. The van der Waals surface area contributed by atoms with Gasteiger partial charge in [-0.15, -0.1) is 0 Å². The third-order valence-electron chi connectivity index (χ3n) is 5.01. The van der Waals surface area contributed by atoms with Gasteiger partial charge >= 0.3 is 6.03 Å². The van der Waals surface area contributed by atoms with Gasteiger partial charge in [0.25, 0.3) is 0 Å². The Kier molecular flexibility index (Phi) is 6.89. The first-order chi connectivity index (χ1) is 13.7. The topological polar surface area (TPSA) is 70.7 Å². The van der Waals surface area contributed by atoms with Crippen LogP contribution in [0.2, 0.25) is 0 Å². The summed E-state index contributed by atoms with van der Waals surface area (Å²) in [4.78, 5) is 26.9. The van der Waals surface area contributed by atoms with Gasteiger partial charge in [0.2, 0.25) is 5.91 Å². The molecular formula is C22H27N3O3. The van der Waals surface area contributed by atoms with E-state index in [1.165, 1.54) is 0 Å². The number of amides is 3. The van der Waals surface area contributed by atoms with Gasteiger partial charge in [-0.3, -0.25) is 4.79 Å². The molecule has 2 N–H and O–H groups in total. The molecule has 0 aliphatic carbocycles. The molecule has 0 bridgehead atoms. The Morgan fingerprint density at radius 1 is 1.04 bits per heavy atom. The molecule has 0 radical (unpaired) electrons. The molecule has 2 aromatic carbocycles. The summed E-state index contributed by atoms with van der Waals surface area (Å²) in [6.45, 7) is 0.683. The number of urea groups is 1. The zero-order chi connectivity index (χ0) is 19.8. The number of nitrogens with zero attached hydrogens (tertiary/aromatic N) is 1. The van der Waals surface area contributed by atoms with Crippen molar-refractivity contribution in [3.05, 3.63) is 60.2 Å². The molecule has 2 aromatic rings. The summed E-state index contributed by atoms with van der Waals surface area (Å²) in [6, 6.07) is 16.7. The summed E-state index contributed by atoms with van der Waals surface area (Å²) >= 11 is 0. The SMILES string of the molecule is COc1ccc([C@@H]2CCCCCN2C(=O)CNC(=O)Nc2ccccc2)cc1. The van der Waals surface area contributed by atoms with Gasteiger partial charge in [0.05, 0.1) is 19.7 Å². The van der Waals surface area contributed by atoms with E-state index in [-0.39, 0.29) is 24.5 Å². The van der Waals surface area contributed by atoms with Crippen LogP contribution in [0.5, 0.6) is 5.75 Å². The zero-order valence-corrected chi connectivity index (χ0v) is 16.2. The molecule has 28 heavy (non-hydrogen) atoms. The van der Waals surface area contributed by atoms with Crippen molar-refractivity contribution in [2.24, 2.45) is 0 Å². The molecule has 3 amide bonds. The third kappa shape index (κ3) is 5.25. The summed E-state index contributed by atoms with van der Waals surface area (Å²) in [5, 5.41) is 5.41. The second kappa shape index (κ2) is 9.78. The number of hydrogen-bond acceptors (Lipinski definition) is 3. The van der Waals surface area contributed by atoms with E-state index in [0.717, 1.165) is 37.0 Å². The number of methoxy groups -OCH3 is 1. The van der Waals surface area contributed by atoms with Crippen LogP contribution >= 0.6 is 0 Å². The number of carbonyl (C=O) groups is 2. The smallest absolute Gasteiger partial charge is 0.319 e. The van der Waals surface area contributed by atoms with Gasteiger partial charge in [-0.1, -0.05) is 43.2 Å². The first kappa shape index (κ1) is 19.7. The monoisotopic (exact) mass is 381 g/mol. The fraction of sp³-hybridized carbons (Fsp3) is 0.364. The first-order valence-corrected chi connectivity index (χ1v) is 9.70. The normalized spacial score (nSPS) is 16.8. The third-order valence-corrected chi connectivity index (χ3v) is 5.01. The number of hydrogen-bond donors (Lipinski definition) is 2. The number of benzene rings is 2. The van der Waals surface area contributed by atoms with Crippen LogP contribution in [0, 0.1) is 0 Å². The molecule has 6 heteroatoms. The molecule has 148 valence electrons. The van der Waals surface area contributed by atoms with E-state index in [1.807, 2.05) is 47.4 Å². The zero-order valence-electron chi connectivity index (χ0n) is 16.2. The Hall–Kier alpha value is -3.02. The number of carbonyl (C=O) groups excluding carboxylic acids is 2. The predicted octanol–water partition coefficient (Wildman–Crippen LogP) is 3.96. The molecule has 0 saturated carbocycles. The Balaban J connectivity index is 1.62. The highest BCUT2D eigenvalue weighted by Crippen LogP contribution is 2.31. The van der Waals surface area contributed by atoms with E-state index in [0.29, 0.717) is 12.2 Å². The molecule has 1 atom stereocenters. The molecule has 3 rings (SSSR count). The molecule has 0 aromatic heterocycles. The summed E-state index contributed by atoms with van der Waals surface area (Å²) < 4.78 is 5.23. The fourth-order valence-corrected chi connectivity index (χ4v) is 3.53. The van der Waals surface area contributed by atoms with Crippen molar-refractivity contribution in [3.8, 4) is 5.75 Å². The average molecular weight is 381 g/mol. The highest BCUT2D eigenvalue weighted by Gasteiger charge is 2.26. The van der Waals surface area contributed by atoms with E-state index in [1.54, 1.807) is 19.2 Å². The van der Waals surface area contributed by atoms with Crippen LogP contribution < -0.4 is 15.4 Å². The van der Waals surface area contributed by atoms with Crippen molar-refractivity contribution in [2.75, 3.05) is 25.5 Å². The minimum Gasteiger partial charge on any atom is -0.497 e. The van der Waals surface area contributed by atoms with Crippen LogP contribution in [0.1, 0.15) is 37.3 Å². The predicted molar refractivity (Wildman–Crippen MR) is 109 cm³/mol. The molecule has 1 heterocycles. The van der Waals surface area contributed by atoms with Gasteiger partial charge in [-0.05, 0) is 42.7 Å².